The maximum Gasteiger partial charge on any atom is 0.340 e. The number of benzene rings is 2. The van der Waals surface area contributed by atoms with Gasteiger partial charge in [-0.05, 0) is 31.0 Å². The number of hydrogen-bond donors (Lipinski definition) is 2. The molecule has 0 unspecified atom stereocenters. The van der Waals surface area contributed by atoms with Gasteiger partial charge in [0.25, 0.3) is 0 Å². The van der Waals surface area contributed by atoms with Crippen molar-refractivity contribution in [1.29, 1.82) is 0 Å². The van der Waals surface area contributed by atoms with E-state index in [0.717, 1.165) is 22.3 Å². The van der Waals surface area contributed by atoms with E-state index in [9.17, 15) is 24.3 Å². The molecule has 0 aliphatic rings. The zero-order valence-corrected chi connectivity index (χ0v) is 18.5. The number of aryl methyl sites for hydroxylation is 2. The van der Waals surface area contributed by atoms with Crippen molar-refractivity contribution < 1.29 is 28.3 Å². The lowest BCUT2D eigenvalue weighted by Gasteiger charge is -2.10. The van der Waals surface area contributed by atoms with Gasteiger partial charge in [0.05, 0.1) is 31.0 Å². The lowest BCUT2D eigenvalue weighted by atomic mass is 9.98. The standard InChI is InChI=1S/C25H22N2O7/c1-13-16-8-18-20(33-14(2)24(18)15-6-4-3-5-7-15)10-19(16)34-25(32)17(13)9-21(28)26-11-22(29)27-12-23(30)31/h3-8,10H,9,11-12H2,1-2H3,(H,26,28)(H,27,29)(H,30,31)/p-1. The summed E-state index contributed by atoms with van der Waals surface area (Å²) < 4.78 is 11.4. The molecular weight excluding hydrogens is 440 g/mol. The number of nitrogens with one attached hydrogen (secondary N) is 2. The first kappa shape index (κ1) is 22.8. The van der Waals surface area contributed by atoms with Crippen LogP contribution in [-0.2, 0) is 20.8 Å². The van der Waals surface area contributed by atoms with Gasteiger partial charge in [-0.15, -0.1) is 0 Å². The van der Waals surface area contributed by atoms with E-state index in [2.05, 4.69) is 10.6 Å². The van der Waals surface area contributed by atoms with Crippen LogP contribution in [0.5, 0.6) is 0 Å². The van der Waals surface area contributed by atoms with Crippen LogP contribution in [-0.4, -0.2) is 30.9 Å². The van der Waals surface area contributed by atoms with Crippen molar-refractivity contribution in [2.75, 3.05) is 13.1 Å². The fourth-order valence-electron chi connectivity index (χ4n) is 3.90. The Hall–Kier alpha value is -4.40. The monoisotopic (exact) mass is 461 g/mol. The van der Waals surface area contributed by atoms with Crippen LogP contribution in [0, 0.1) is 13.8 Å². The van der Waals surface area contributed by atoms with E-state index in [1.807, 2.05) is 43.3 Å². The second-order valence-electron chi connectivity index (χ2n) is 7.84. The Kier molecular flexibility index (Phi) is 6.18. The van der Waals surface area contributed by atoms with Gasteiger partial charge < -0.3 is 29.4 Å². The van der Waals surface area contributed by atoms with Gasteiger partial charge in [-0.1, -0.05) is 30.3 Å². The van der Waals surface area contributed by atoms with Crippen molar-refractivity contribution in [3.8, 4) is 11.1 Å². The van der Waals surface area contributed by atoms with E-state index >= 15 is 0 Å². The highest BCUT2D eigenvalue weighted by Crippen LogP contribution is 2.37. The number of furan rings is 1. The number of fused-ring (bicyclic) bond motifs is 2. The molecule has 2 aromatic heterocycles. The third kappa shape index (κ3) is 4.54. The van der Waals surface area contributed by atoms with Crippen molar-refractivity contribution in [3.05, 3.63) is 69.8 Å². The summed E-state index contributed by atoms with van der Waals surface area (Å²) >= 11 is 0. The Bertz CT molecular complexity index is 1480. The highest BCUT2D eigenvalue weighted by Gasteiger charge is 2.19. The first-order chi connectivity index (χ1) is 16.2. The summed E-state index contributed by atoms with van der Waals surface area (Å²) in [6, 6.07) is 13.3. The first-order valence-corrected chi connectivity index (χ1v) is 10.5. The summed E-state index contributed by atoms with van der Waals surface area (Å²) in [6.07, 6.45) is -0.300. The van der Waals surface area contributed by atoms with E-state index in [4.69, 9.17) is 8.83 Å². The van der Waals surface area contributed by atoms with E-state index in [-0.39, 0.29) is 12.0 Å². The lowest BCUT2D eigenvalue weighted by molar-refractivity contribution is -0.304. The minimum absolute atomic E-state index is 0.168. The number of hydrogen-bond acceptors (Lipinski definition) is 7. The quantitative estimate of drug-likeness (QED) is 0.396. The van der Waals surface area contributed by atoms with E-state index in [0.29, 0.717) is 22.1 Å². The first-order valence-electron chi connectivity index (χ1n) is 10.5. The molecule has 34 heavy (non-hydrogen) atoms. The average molecular weight is 461 g/mol. The van der Waals surface area contributed by atoms with Crippen molar-refractivity contribution >= 4 is 39.7 Å². The number of carbonyl (C=O) groups is 3. The minimum Gasteiger partial charge on any atom is -0.548 e. The summed E-state index contributed by atoms with van der Waals surface area (Å²) in [4.78, 5) is 46.9. The molecule has 174 valence electrons. The summed E-state index contributed by atoms with van der Waals surface area (Å²) in [5.74, 6) is -1.98. The molecule has 2 amide bonds. The van der Waals surface area contributed by atoms with Gasteiger partial charge in [0, 0.05) is 22.4 Å². The second-order valence-corrected chi connectivity index (χ2v) is 7.84. The van der Waals surface area contributed by atoms with Crippen molar-refractivity contribution in [3.63, 3.8) is 0 Å². The molecule has 2 heterocycles. The van der Waals surface area contributed by atoms with Gasteiger partial charge in [-0.25, -0.2) is 4.79 Å². The number of carboxylic acid groups (broad SMARTS) is 1. The molecule has 0 aliphatic heterocycles. The molecule has 2 N–H and O–H groups in total. The predicted octanol–water partition coefficient (Wildman–Crippen LogP) is 1.35. The molecule has 9 nitrogen and oxygen atoms in total. The molecule has 0 saturated heterocycles. The number of amides is 2. The van der Waals surface area contributed by atoms with Crippen molar-refractivity contribution in [2.45, 2.75) is 20.3 Å². The highest BCUT2D eigenvalue weighted by atomic mass is 16.4. The molecule has 0 radical (unpaired) electrons. The van der Waals surface area contributed by atoms with Crippen molar-refractivity contribution in [1.82, 2.24) is 10.6 Å². The van der Waals surface area contributed by atoms with Crippen LogP contribution in [0.4, 0.5) is 0 Å². The zero-order chi connectivity index (χ0) is 24.4. The summed E-state index contributed by atoms with van der Waals surface area (Å²) in [5.41, 5.74) is 2.94. The Morgan fingerprint density at radius 1 is 0.882 bits per heavy atom. The molecule has 0 fully saturated rings. The molecule has 4 aromatic rings. The predicted molar refractivity (Wildman–Crippen MR) is 122 cm³/mol. The van der Waals surface area contributed by atoms with Gasteiger partial charge in [0.15, 0.2) is 0 Å². The molecule has 0 atom stereocenters. The number of aliphatic carboxylic acids is 1. The van der Waals surface area contributed by atoms with Crippen molar-refractivity contribution in [2.24, 2.45) is 0 Å². The fourth-order valence-corrected chi connectivity index (χ4v) is 3.90. The van der Waals surface area contributed by atoms with Crippen LogP contribution in [0.1, 0.15) is 16.9 Å². The van der Waals surface area contributed by atoms with E-state index < -0.39 is 36.5 Å². The maximum atomic E-state index is 12.6. The maximum absolute atomic E-state index is 12.6. The summed E-state index contributed by atoms with van der Waals surface area (Å²) in [6.45, 7) is 2.51. The zero-order valence-electron chi connectivity index (χ0n) is 18.5. The lowest BCUT2D eigenvalue weighted by Crippen LogP contribution is -2.43. The van der Waals surface area contributed by atoms with Gasteiger partial charge >= 0.3 is 5.63 Å². The third-order valence-electron chi connectivity index (χ3n) is 5.55. The molecule has 4 rings (SSSR count). The topological polar surface area (TPSA) is 142 Å². The largest absolute Gasteiger partial charge is 0.548 e. The molecule has 0 saturated carbocycles. The Morgan fingerprint density at radius 2 is 1.56 bits per heavy atom. The third-order valence-corrected chi connectivity index (χ3v) is 5.55. The summed E-state index contributed by atoms with van der Waals surface area (Å²) in [7, 11) is 0. The molecule has 2 aromatic carbocycles. The van der Waals surface area contributed by atoms with E-state index in [1.54, 1.807) is 13.0 Å². The Morgan fingerprint density at radius 3 is 2.26 bits per heavy atom. The second kappa shape index (κ2) is 9.22. The molecule has 0 spiro atoms. The highest BCUT2D eigenvalue weighted by molar-refractivity contribution is 6.03. The van der Waals surface area contributed by atoms with Crippen LogP contribution in [0.2, 0.25) is 0 Å². The molecule has 0 bridgehead atoms. The molecular formula is C25H21N2O7-. The minimum atomic E-state index is -1.44. The normalized spacial score (nSPS) is 11.0. The van der Waals surface area contributed by atoms with Gasteiger partial charge in [0.1, 0.15) is 16.9 Å². The molecule has 0 aliphatic carbocycles. The van der Waals surface area contributed by atoms with Crippen LogP contribution in [0.15, 0.2) is 56.1 Å². The van der Waals surface area contributed by atoms with Crippen LogP contribution in [0.3, 0.4) is 0 Å². The van der Waals surface area contributed by atoms with Gasteiger partial charge in [-0.3, -0.25) is 9.59 Å². The molecule has 9 heteroatoms. The van der Waals surface area contributed by atoms with Crippen LogP contribution >= 0.6 is 0 Å². The van der Waals surface area contributed by atoms with Crippen LogP contribution < -0.4 is 21.4 Å². The summed E-state index contributed by atoms with van der Waals surface area (Å²) in [5, 5.41) is 16.3. The Labute approximate surface area is 193 Å². The number of rotatable bonds is 7. The smallest absolute Gasteiger partial charge is 0.340 e. The van der Waals surface area contributed by atoms with Crippen LogP contribution in [0.25, 0.3) is 33.1 Å². The SMILES string of the molecule is Cc1oc2cc3oc(=O)c(CC(=O)NCC(=O)NCC(=O)[O-])c(C)c3cc2c1-c1ccccc1. The number of carbonyl (C=O) groups excluding carboxylic acids is 3. The van der Waals surface area contributed by atoms with Gasteiger partial charge in [-0.2, -0.15) is 0 Å². The van der Waals surface area contributed by atoms with Gasteiger partial charge in [0.2, 0.25) is 11.8 Å². The Balaban J connectivity index is 1.66. The van der Waals surface area contributed by atoms with E-state index in [1.165, 1.54) is 0 Å². The number of carboxylic acids is 1. The fraction of sp³-hybridized carbons (Fsp3) is 0.200. The average Bonchev–Trinajstić information content (AvgIpc) is 3.13.